The molecule has 2 aromatic rings. The molecule has 5 nitrogen and oxygen atoms in total. The third kappa shape index (κ3) is 4.98. The van der Waals surface area contributed by atoms with Crippen LogP contribution in [0, 0.1) is 0 Å². The Labute approximate surface area is 139 Å². The number of benzene rings is 1. The number of hydrogen-bond donors (Lipinski definition) is 2. The predicted molar refractivity (Wildman–Crippen MR) is 82.3 cm³/mol. The molecule has 0 saturated carbocycles. The first-order valence-electron chi connectivity index (χ1n) is 6.64. The molecule has 0 radical (unpaired) electrons. The number of carbonyl (C=O) groups is 2. The van der Waals surface area contributed by atoms with E-state index in [9.17, 15) is 22.8 Å². The van der Waals surface area contributed by atoms with E-state index < -0.39 is 34.1 Å². The molecule has 1 aromatic carbocycles. The molecular formula is C15H12F3N3O2S. The van der Waals surface area contributed by atoms with Gasteiger partial charge in [-0.05, 0) is 29.8 Å². The molecule has 1 heterocycles. The summed E-state index contributed by atoms with van der Waals surface area (Å²) in [7, 11) is 0. The van der Waals surface area contributed by atoms with Gasteiger partial charge in [0.1, 0.15) is 5.03 Å². The second-order valence-corrected chi connectivity index (χ2v) is 5.70. The third-order valence-corrected chi connectivity index (χ3v) is 3.64. The molecular weight excluding hydrogens is 343 g/mol. The number of hydrogen-bond acceptors (Lipinski definition) is 4. The zero-order valence-corrected chi connectivity index (χ0v) is 12.9. The number of rotatable bonds is 5. The van der Waals surface area contributed by atoms with Gasteiger partial charge in [0.05, 0.1) is 5.56 Å². The second-order valence-electron chi connectivity index (χ2n) is 4.65. The van der Waals surface area contributed by atoms with E-state index in [1.54, 1.807) is 12.1 Å². The number of nitrogens with two attached hydrogens (primary N) is 1. The molecule has 0 fully saturated rings. The fourth-order valence-electron chi connectivity index (χ4n) is 1.87. The normalized spacial score (nSPS) is 11.1. The minimum atomic E-state index is -4.54. The monoisotopic (exact) mass is 355 g/mol. The minimum Gasteiger partial charge on any atom is -0.366 e. The van der Waals surface area contributed by atoms with Crippen LogP contribution in [-0.2, 0) is 6.54 Å². The molecule has 3 N–H and O–H groups in total. The Morgan fingerprint density at radius 2 is 1.96 bits per heavy atom. The van der Waals surface area contributed by atoms with Crippen molar-refractivity contribution in [2.24, 2.45) is 5.73 Å². The molecule has 2 rings (SSSR count). The van der Waals surface area contributed by atoms with E-state index in [0.29, 0.717) is 5.56 Å². The average molecular weight is 355 g/mol. The summed E-state index contributed by atoms with van der Waals surface area (Å²) in [6.45, 7) is 0.0327. The maximum absolute atomic E-state index is 12.5. The molecule has 0 bridgehead atoms. The lowest BCUT2D eigenvalue weighted by atomic mass is 10.1. The first kappa shape index (κ1) is 17.8. The summed E-state index contributed by atoms with van der Waals surface area (Å²) in [5.74, 6) is -1.31. The number of aromatic nitrogens is 1. The van der Waals surface area contributed by atoms with Crippen LogP contribution in [0.4, 0.5) is 13.2 Å². The number of halogens is 3. The van der Waals surface area contributed by atoms with Crippen LogP contribution in [0.1, 0.15) is 26.3 Å². The van der Waals surface area contributed by atoms with Gasteiger partial charge in [-0.3, -0.25) is 9.59 Å². The van der Waals surface area contributed by atoms with Crippen LogP contribution < -0.4 is 11.1 Å². The SMILES string of the molecule is NC(=O)c1cccc(CNC(=O)c2cccnc2SC(F)(F)F)c1. The molecule has 0 unspecified atom stereocenters. The van der Waals surface area contributed by atoms with Gasteiger partial charge >= 0.3 is 5.51 Å². The fourth-order valence-corrected chi connectivity index (χ4v) is 2.47. The van der Waals surface area contributed by atoms with Crippen molar-refractivity contribution < 1.29 is 22.8 Å². The van der Waals surface area contributed by atoms with Crippen LogP contribution in [0.15, 0.2) is 47.6 Å². The van der Waals surface area contributed by atoms with E-state index in [-0.39, 0.29) is 17.7 Å². The highest BCUT2D eigenvalue weighted by molar-refractivity contribution is 8.00. The van der Waals surface area contributed by atoms with Gasteiger partial charge in [0.25, 0.3) is 5.91 Å². The van der Waals surface area contributed by atoms with Gasteiger partial charge in [-0.15, -0.1) is 0 Å². The molecule has 0 saturated heterocycles. The van der Waals surface area contributed by atoms with Gasteiger partial charge in [0.15, 0.2) is 0 Å². The standard InChI is InChI=1S/C15H12F3N3O2S/c16-15(17,18)24-14-11(5-2-6-20-14)13(23)21-8-9-3-1-4-10(7-9)12(19)22/h1-7H,8H2,(H2,19,22)(H,21,23). The van der Waals surface area contributed by atoms with Gasteiger partial charge in [-0.2, -0.15) is 13.2 Å². The van der Waals surface area contributed by atoms with Gasteiger partial charge in [-0.1, -0.05) is 12.1 Å². The predicted octanol–water partition coefficient (Wildman–Crippen LogP) is 2.72. The Balaban J connectivity index is 2.11. The summed E-state index contributed by atoms with van der Waals surface area (Å²) in [6.07, 6.45) is 1.18. The van der Waals surface area contributed by atoms with Crippen molar-refractivity contribution in [3.8, 4) is 0 Å². The van der Waals surface area contributed by atoms with Crippen molar-refractivity contribution in [1.29, 1.82) is 0 Å². The highest BCUT2D eigenvalue weighted by Crippen LogP contribution is 2.37. The van der Waals surface area contributed by atoms with Gasteiger partial charge < -0.3 is 11.1 Å². The largest absolute Gasteiger partial charge is 0.447 e. The molecule has 9 heteroatoms. The van der Waals surface area contributed by atoms with Gasteiger partial charge in [0, 0.05) is 30.1 Å². The van der Waals surface area contributed by atoms with E-state index >= 15 is 0 Å². The maximum Gasteiger partial charge on any atom is 0.447 e. The first-order valence-corrected chi connectivity index (χ1v) is 7.45. The van der Waals surface area contributed by atoms with Crippen molar-refractivity contribution in [3.63, 3.8) is 0 Å². The Morgan fingerprint density at radius 1 is 1.21 bits per heavy atom. The molecule has 0 spiro atoms. The molecule has 0 atom stereocenters. The van der Waals surface area contributed by atoms with Crippen LogP contribution in [0.2, 0.25) is 0 Å². The summed E-state index contributed by atoms with van der Waals surface area (Å²) in [4.78, 5) is 26.8. The van der Waals surface area contributed by atoms with Crippen LogP contribution in [-0.4, -0.2) is 22.3 Å². The molecule has 126 valence electrons. The zero-order valence-electron chi connectivity index (χ0n) is 12.1. The number of thioether (sulfide) groups is 1. The summed E-state index contributed by atoms with van der Waals surface area (Å²) in [5.41, 5.74) is 1.31. The summed E-state index contributed by atoms with van der Waals surface area (Å²) >= 11 is -0.449. The summed E-state index contributed by atoms with van der Waals surface area (Å²) < 4.78 is 37.5. The fraction of sp³-hybridized carbons (Fsp3) is 0.133. The number of amides is 2. The molecule has 0 aliphatic heterocycles. The molecule has 24 heavy (non-hydrogen) atoms. The lowest BCUT2D eigenvalue weighted by Crippen LogP contribution is -2.24. The lowest BCUT2D eigenvalue weighted by Gasteiger charge is -2.10. The third-order valence-electron chi connectivity index (χ3n) is 2.89. The number of primary amides is 1. The molecule has 0 aliphatic rings. The number of carbonyl (C=O) groups excluding carboxylic acids is 2. The van der Waals surface area contributed by atoms with Crippen LogP contribution in [0.25, 0.3) is 0 Å². The second kappa shape index (κ2) is 7.35. The Kier molecular flexibility index (Phi) is 5.45. The Bertz CT molecular complexity index is 766. The van der Waals surface area contributed by atoms with Gasteiger partial charge in [0.2, 0.25) is 5.91 Å². The molecule has 1 aromatic heterocycles. The summed E-state index contributed by atoms with van der Waals surface area (Å²) in [5, 5.41) is 2.07. The minimum absolute atomic E-state index is 0.0327. The topological polar surface area (TPSA) is 85.1 Å². The van der Waals surface area contributed by atoms with Crippen molar-refractivity contribution >= 4 is 23.6 Å². The highest BCUT2D eigenvalue weighted by Gasteiger charge is 2.32. The first-order chi connectivity index (χ1) is 11.3. The smallest absolute Gasteiger partial charge is 0.366 e. The van der Waals surface area contributed by atoms with E-state index in [4.69, 9.17) is 5.73 Å². The number of nitrogens with one attached hydrogen (secondary N) is 1. The van der Waals surface area contributed by atoms with Crippen LogP contribution in [0.3, 0.4) is 0 Å². The van der Waals surface area contributed by atoms with E-state index in [1.165, 1.54) is 30.5 Å². The van der Waals surface area contributed by atoms with Crippen molar-refractivity contribution in [2.75, 3.05) is 0 Å². The zero-order chi connectivity index (χ0) is 17.7. The highest BCUT2D eigenvalue weighted by atomic mass is 32.2. The number of pyridine rings is 1. The Hall–Kier alpha value is -2.55. The Morgan fingerprint density at radius 3 is 2.62 bits per heavy atom. The van der Waals surface area contributed by atoms with Crippen LogP contribution >= 0.6 is 11.8 Å². The number of alkyl halides is 3. The lowest BCUT2D eigenvalue weighted by molar-refractivity contribution is -0.0329. The quantitative estimate of drug-likeness (QED) is 0.808. The number of nitrogens with zero attached hydrogens (tertiary/aromatic N) is 1. The van der Waals surface area contributed by atoms with Crippen LogP contribution in [0.5, 0.6) is 0 Å². The summed E-state index contributed by atoms with van der Waals surface area (Å²) in [6, 6.07) is 8.90. The molecule has 2 amide bonds. The van der Waals surface area contributed by atoms with E-state index in [0.717, 1.165) is 0 Å². The van der Waals surface area contributed by atoms with Crippen molar-refractivity contribution in [3.05, 3.63) is 59.3 Å². The molecule has 0 aliphatic carbocycles. The van der Waals surface area contributed by atoms with E-state index in [2.05, 4.69) is 10.3 Å². The van der Waals surface area contributed by atoms with Crippen molar-refractivity contribution in [2.45, 2.75) is 17.1 Å². The average Bonchev–Trinajstić information content (AvgIpc) is 2.52. The maximum atomic E-state index is 12.5. The van der Waals surface area contributed by atoms with Crippen molar-refractivity contribution in [1.82, 2.24) is 10.3 Å². The van der Waals surface area contributed by atoms with Gasteiger partial charge in [-0.25, -0.2) is 4.98 Å². The van der Waals surface area contributed by atoms with E-state index in [1.807, 2.05) is 0 Å².